The Morgan fingerprint density at radius 1 is 1.03 bits per heavy atom. The van der Waals surface area contributed by atoms with Crippen molar-refractivity contribution in [3.05, 3.63) is 71.8 Å². The summed E-state index contributed by atoms with van der Waals surface area (Å²) < 4.78 is 46.1. The second kappa shape index (κ2) is 10.0. The van der Waals surface area contributed by atoms with Crippen LogP contribution in [-0.4, -0.2) is 16.9 Å². The van der Waals surface area contributed by atoms with Gasteiger partial charge in [-0.05, 0) is 49.2 Å². The van der Waals surface area contributed by atoms with Crippen LogP contribution in [0.2, 0.25) is 0 Å². The number of alkyl halides is 3. The molecule has 8 nitrogen and oxygen atoms in total. The fourth-order valence-electron chi connectivity index (χ4n) is 3.66. The Morgan fingerprint density at radius 3 is 2.55 bits per heavy atom. The Balaban J connectivity index is 1.31. The lowest BCUT2D eigenvalue weighted by Gasteiger charge is -2.14. The number of anilines is 3. The second-order valence-electron chi connectivity index (χ2n) is 8.43. The number of nitrogens with one attached hydrogen (secondary N) is 3. The highest BCUT2D eigenvalue weighted by Crippen LogP contribution is 2.38. The maximum atomic E-state index is 13.2. The number of hydrogen-bond donors (Lipinski definition) is 3. The summed E-state index contributed by atoms with van der Waals surface area (Å²) in [6.45, 7) is 0. The van der Waals surface area contributed by atoms with Gasteiger partial charge in [-0.15, -0.1) is 0 Å². The van der Waals surface area contributed by atoms with E-state index in [-0.39, 0.29) is 40.3 Å². The van der Waals surface area contributed by atoms with Crippen molar-refractivity contribution in [3.63, 3.8) is 0 Å². The Kier molecular flexibility index (Phi) is 6.61. The summed E-state index contributed by atoms with van der Waals surface area (Å²) in [4.78, 5) is 28.8. The molecule has 12 heteroatoms. The van der Waals surface area contributed by atoms with Crippen molar-refractivity contribution in [2.24, 2.45) is 5.92 Å². The number of halogens is 3. The van der Waals surface area contributed by atoms with Crippen LogP contribution in [0.3, 0.4) is 0 Å². The summed E-state index contributed by atoms with van der Waals surface area (Å²) in [5.74, 6) is 0.443. The first-order chi connectivity index (χ1) is 18.2. The number of benzene rings is 3. The van der Waals surface area contributed by atoms with Crippen molar-refractivity contribution in [3.8, 4) is 17.6 Å². The van der Waals surface area contributed by atoms with Gasteiger partial charge in [0.1, 0.15) is 23.1 Å². The van der Waals surface area contributed by atoms with Gasteiger partial charge in [-0.3, -0.25) is 4.79 Å². The number of nitriles is 1. The summed E-state index contributed by atoms with van der Waals surface area (Å²) in [7, 11) is 0. The van der Waals surface area contributed by atoms with Crippen molar-refractivity contribution in [2.45, 2.75) is 19.0 Å². The van der Waals surface area contributed by atoms with Gasteiger partial charge in [0.15, 0.2) is 5.13 Å². The van der Waals surface area contributed by atoms with E-state index in [0.29, 0.717) is 15.3 Å². The number of amides is 3. The van der Waals surface area contributed by atoms with E-state index in [1.54, 1.807) is 24.3 Å². The van der Waals surface area contributed by atoms with Crippen molar-refractivity contribution in [1.29, 1.82) is 5.26 Å². The molecule has 0 bridgehead atoms. The molecule has 3 aromatic carbocycles. The summed E-state index contributed by atoms with van der Waals surface area (Å²) in [5, 5.41) is 17.7. The third-order valence-electron chi connectivity index (χ3n) is 5.61. The van der Waals surface area contributed by atoms with Gasteiger partial charge in [0.05, 0.1) is 21.5 Å². The molecule has 1 aromatic heterocycles. The monoisotopic (exact) mass is 537 g/mol. The minimum absolute atomic E-state index is 0.0127. The molecule has 192 valence electrons. The van der Waals surface area contributed by atoms with Crippen LogP contribution in [0.1, 0.15) is 24.0 Å². The molecular formula is C26H18F3N5O3S. The standard InChI is InChI=1S/C26H18F3N5O3S/c27-26(28,29)18-6-1-2-7-19(18)32-24(36)31-15-4-3-5-16(12-15)37-21-11-10-20-22(17(21)13-30)38-25(33-20)34-23(35)14-8-9-14/h1-7,10-12,14H,8-9H2,(H2,31,32,36)(H,33,34,35). The van der Waals surface area contributed by atoms with E-state index < -0.39 is 17.8 Å². The van der Waals surface area contributed by atoms with Gasteiger partial charge < -0.3 is 20.7 Å². The van der Waals surface area contributed by atoms with Gasteiger partial charge in [0.2, 0.25) is 5.91 Å². The molecular weight excluding hydrogens is 519 g/mol. The van der Waals surface area contributed by atoms with Crippen molar-refractivity contribution >= 4 is 50.0 Å². The molecule has 1 fully saturated rings. The number of rotatable bonds is 6. The third kappa shape index (κ3) is 5.52. The fourth-order valence-corrected chi connectivity index (χ4v) is 4.62. The molecule has 0 unspecified atom stereocenters. The molecule has 38 heavy (non-hydrogen) atoms. The summed E-state index contributed by atoms with van der Waals surface area (Å²) in [5.41, 5.74) is -0.325. The second-order valence-corrected chi connectivity index (χ2v) is 9.43. The average molecular weight is 538 g/mol. The normalized spacial score (nSPS) is 13.0. The predicted molar refractivity (Wildman–Crippen MR) is 136 cm³/mol. The molecule has 1 aliphatic carbocycles. The van der Waals surface area contributed by atoms with Crippen LogP contribution >= 0.6 is 11.3 Å². The molecule has 1 aliphatic rings. The number of carbonyl (C=O) groups is 2. The zero-order valence-electron chi connectivity index (χ0n) is 19.4. The molecule has 0 aliphatic heterocycles. The van der Waals surface area contributed by atoms with E-state index in [0.717, 1.165) is 25.0 Å². The van der Waals surface area contributed by atoms with Crippen molar-refractivity contribution < 1.29 is 27.5 Å². The Bertz CT molecular complexity index is 1590. The first-order valence-corrected chi connectivity index (χ1v) is 12.2. The molecule has 0 spiro atoms. The molecule has 1 heterocycles. The largest absolute Gasteiger partial charge is 0.456 e. The number of fused-ring (bicyclic) bond motifs is 1. The predicted octanol–water partition coefficient (Wildman–Crippen LogP) is 6.97. The van der Waals surface area contributed by atoms with E-state index in [1.165, 1.54) is 35.6 Å². The summed E-state index contributed by atoms with van der Waals surface area (Å²) >= 11 is 1.17. The van der Waals surface area contributed by atoms with Crippen LogP contribution in [0.25, 0.3) is 10.2 Å². The summed E-state index contributed by atoms with van der Waals surface area (Å²) in [6.07, 6.45) is -2.91. The number of hydrogen-bond acceptors (Lipinski definition) is 6. The maximum Gasteiger partial charge on any atom is 0.418 e. The SMILES string of the molecule is N#Cc1c(Oc2cccc(NC(=O)Nc3ccccc3C(F)(F)F)c2)ccc2nc(NC(=O)C3CC3)sc12. The zero-order chi connectivity index (χ0) is 26.9. The Labute approximate surface area is 218 Å². The van der Waals surface area contributed by atoms with Crippen LogP contribution in [0.15, 0.2) is 60.7 Å². The van der Waals surface area contributed by atoms with E-state index in [1.807, 2.05) is 0 Å². The van der Waals surface area contributed by atoms with Gasteiger partial charge in [-0.25, -0.2) is 9.78 Å². The molecule has 1 saturated carbocycles. The number of nitrogens with zero attached hydrogens (tertiary/aromatic N) is 2. The van der Waals surface area contributed by atoms with E-state index in [9.17, 15) is 28.0 Å². The number of urea groups is 1. The van der Waals surface area contributed by atoms with Crippen molar-refractivity contribution in [1.82, 2.24) is 4.98 Å². The van der Waals surface area contributed by atoms with Crippen LogP contribution in [0.4, 0.5) is 34.5 Å². The Hall–Kier alpha value is -4.63. The topological polar surface area (TPSA) is 116 Å². The molecule has 3 N–H and O–H groups in total. The molecule has 3 amide bonds. The smallest absolute Gasteiger partial charge is 0.418 e. The van der Waals surface area contributed by atoms with Crippen LogP contribution < -0.4 is 20.7 Å². The highest BCUT2D eigenvalue weighted by molar-refractivity contribution is 7.22. The molecule has 0 saturated heterocycles. The highest BCUT2D eigenvalue weighted by Gasteiger charge is 2.33. The molecule has 0 atom stereocenters. The summed E-state index contributed by atoms with van der Waals surface area (Å²) in [6, 6.07) is 15.3. The van der Waals surface area contributed by atoms with Crippen LogP contribution in [-0.2, 0) is 11.0 Å². The van der Waals surface area contributed by atoms with Gasteiger partial charge in [-0.1, -0.05) is 29.5 Å². The number of para-hydroxylation sites is 1. The quantitative estimate of drug-likeness (QED) is 0.246. The van der Waals surface area contributed by atoms with E-state index >= 15 is 0 Å². The van der Waals surface area contributed by atoms with Gasteiger partial charge in [0.25, 0.3) is 0 Å². The number of aromatic nitrogens is 1. The Morgan fingerprint density at radius 2 is 1.82 bits per heavy atom. The lowest BCUT2D eigenvalue weighted by atomic mass is 10.1. The first-order valence-electron chi connectivity index (χ1n) is 11.4. The maximum absolute atomic E-state index is 13.2. The van der Waals surface area contributed by atoms with E-state index in [4.69, 9.17) is 4.74 Å². The lowest BCUT2D eigenvalue weighted by Crippen LogP contribution is -2.21. The highest BCUT2D eigenvalue weighted by atomic mass is 32.1. The number of carbonyl (C=O) groups excluding carboxylic acids is 2. The first kappa shape index (κ1) is 25.0. The lowest BCUT2D eigenvalue weighted by molar-refractivity contribution is -0.136. The minimum atomic E-state index is -4.63. The molecule has 0 radical (unpaired) electrons. The third-order valence-corrected chi connectivity index (χ3v) is 6.61. The molecule has 5 rings (SSSR count). The fraction of sp³-hybridized carbons (Fsp3) is 0.154. The van der Waals surface area contributed by atoms with E-state index in [2.05, 4.69) is 27.0 Å². The van der Waals surface area contributed by atoms with Gasteiger partial charge in [-0.2, -0.15) is 18.4 Å². The van der Waals surface area contributed by atoms with Crippen LogP contribution in [0.5, 0.6) is 11.5 Å². The number of ether oxygens (including phenoxy) is 1. The van der Waals surface area contributed by atoms with Gasteiger partial charge in [0, 0.05) is 17.7 Å². The number of thiazole rings is 1. The minimum Gasteiger partial charge on any atom is -0.456 e. The molecule has 4 aromatic rings. The van der Waals surface area contributed by atoms with Gasteiger partial charge >= 0.3 is 12.2 Å². The zero-order valence-corrected chi connectivity index (χ0v) is 20.2. The average Bonchev–Trinajstić information content (AvgIpc) is 3.64. The van der Waals surface area contributed by atoms with Crippen molar-refractivity contribution in [2.75, 3.05) is 16.0 Å². The van der Waals surface area contributed by atoms with Crippen LogP contribution in [0, 0.1) is 17.2 Å².